The van der Waals surface area contributed by atoms with Gasteiger partial charge in [0.1, 0.15) is 5.75 Å². The van der Waals surface area contributed by atoms with Crippen LogP contribution in [0.15, 0.2) is 24.5 Å². The van der Waals surface area contributed by atoms with E-state index in [1.807, 2.05) is 6.92 Å². The Hall–Kier alpha value is -2.54. The minimum atomic E-state index is -1.26. The Kier molecular flexibility index (Phi) is 4.44. The van der Waals surface area contributed by atoms with Gasteiger partial charge in [0.05, 0.1) is 18.0 Å². The Bertz CT molecular complexity index is 684. The van der Waals surface area contributed by atoms with Crippen LogP contribution in [0.2, 0.25) is 5.02 Å². The van der Waals surface area contributed by atoms with Crippen LogP contribution in [0.25, 0.3) is 0 Å². The first-order chi connectivity index (χ1) is 10.0. The molecule has 1 amide bonds. The number of hydrogen-bond donors (Lipinski definition) is 3. The van der Waals surface area contributed by atoms with Crippen LogP contribution >= 0.6 is 11.6 Å². The van der Waals surface area contributed by atoms with Crippen molar-refractivity contribution in [1.82, 2.24) is 9.97 Å². The Morgan fingerprint density at radius 2 is 2.24 bits per heavy atom. The number of hydrogen-bond acceptors (Lipinski definition) is 4. The van der Waals surface area contributed by atoms with Crippen molar-refractivity contribution in [1.29, 1.82) is 0 Å². The molecule has 8 heteroatoms. The lowest BCUT2D eigenvalue weighted by atomic mass is 10.2. The van der Waals surface area contributed by atoms with E-state index >= 15 is 0 Å². The number of carbonyl (C=O) groups is 2. The van der Waals surface area contributed by atoms with Gasteiger partial charge in [0.15, 0.2) is 11.4 Å². The number of anilines is 1. The molecule has 21 heavy (non-hydrogen) atoms. The van der Waals surface area contributed by atoms with Crippen molar-refractivity contribution in [2.24, 2.45) is 0 Å². The van der Waals surface area contributed by atoms with E-state index in [1.54, 1.807) is 12.1 Å². The molecule has 0 bridgehead atoms. The molecule has 0 spiro atoms. The Morgan fingerprint density at radius 3 is 2.86 bits per heavy atom. The number of aromatic amines is 1. The molecule has 0 aliphatic rings. The van der Waals surface area contributed by atoms with Crippen molar-refractivity contribution in [3.05, 3.63) is 40.9 Å². The van der Waals surface area contributed by atoms with Crippen LogP contribution in [0.4, 0.5) is 5.69 Å². The lowest BCUT2D eigenvalue weighted by Gasteiger charge is -2.08. The summed E-state index contributed by atoms with van der Waals surface area (Å²) in [5.41, 5.74) is -0.0650. The number of imidazole rings is 1. The summed E-state index contributed by atoms with van der Waals surface area (Å²) in [7, 11) is 0. The summed E-state index contributed by atoms with van der Waals surface area (Å²) >= 11 is 6.01. The summed E-state index contributed by atoms with van der Waals surface area (Å²) in [5.74, 6) is -1.40. The van der Waals surface area contributed by atoms with Crippen LogP contribution in [0.3, 0.4) is 0 Å². The molecular weight excluding hydrogens is 298 g/mol. The number of benzene rings is 1. The molecule has 0 atom stereocenters. The van der Waals surface area contributed by atoms with Gasteiger partial charge in [-0.1, -0.05) is 11.6 Å². The van der Waals surface area contributed by atoms with E-state index in [0.29, 0.717) is 23.1 Å². The number of amides is 1. The van der Waals surface area contributed by atoms with E-state index in [0.717, 1.165) is 6.33 Å². The molecule has 0 saturated carbocycles. The number of halogens is 1. The molecule has 1 aromatic carbocycles. The van der Waals surface area contributed by atoms with E-state index in [2.05, 4.69) is 15.3 Å². The van der Waals surface area contributed by atoms with Gasteiger partial charge in [0.2, 0.25) is 0 Å². The van der Waals surface area contributed by atoms with Gasteiger partial charge in [0, 0.05) is 5.69 Å². The molecule has 0 fully saturated rings. The molecule has 0 radical (unpaired) electrons. The first kappa shape index (κ1) is 14.9. The number of nitrogens with one attached hydrogen (secondary N) is 2. The minimum absolute atomic E-state index is 0.201. The van der Waals surface area contributed by atoms with Gasteiger partial charge in [-0.3, -0.25) is 4.79 Å². The summed E-state index contributed by atoms with van der Waals surface area (Å²) in [4.78, 5) is 29.0. The van der Waals surface area contributed by atoms with Gasteiger partial charge >= 0.3 is 5.97 Å². The average Bonchev–Trinajstić information content (AvgIpc) is 2.91. The summed E-state index contributed by atoms with van der Waals surface area (Å²) in [6.07, 6.45) is 1.14. The zero-order valence-electron chi connectivity index (χ0n) is 11.0. The lowest BCUT2D eigenvalue weighted by Crippen LogP contribution is -2.16. The fraction of sp³-hybridized carbons (Fsp3) is 0.154. The second-order valence-electron chi connectivity index (χ2n) is 3.96. The van der Waals surface area contributed by atoms with Crippen LogP contribution in [-0.2, 0) is 0 Å². The Labute approximate surface area is 124 Å². The molecule has 110 valence electrons. The SMILES string of the molecule is CCOc1ccc(NC(=O)c2nc[nH]c2C(=O)O)cc1Cl. The van der Waals surface area contributed by atoms with E-state index in [-0.39, 0.29) is 11.4 Å². The molecular formula is C13H12ClN3O4. The van der Waals surface area contributed by atoms with E-state index in [1.165, 1.54) is 6.07 Å². The zero-order valence-corrected chi connectivity index (χ0v) is 11.8. The fourth-order valence-electron chi connectivity index (χ4n) is 1.67. The molecule has 0 aliphatic heterocycles. The third kappa shape index (κ3) is 3.32. The van der Waals surface area contributed by atoms with Crippen LogP contribution in [0.1, 0.15) is 27.9 Å². The van der Waals surface area contributed by atoms with Crippen molar-refractivity contribution in [2.45, 2.75) is 6.92 Å². The second kappa shape index (κ2) is 6.27. The molecule has 3 N–H and O–H groups in total. The Morgan fingerprint density at radius 1 is 1.48 bits per heavy atom. The third-order valence-corrected chi connectivity index (χ3v) is 2.85. The number of carbonyl (C=O) groups excluding carboxylic acids is 1. The monoisotopic (exact) mass is 309 g/mol. The van der Waals surface area contributed by atoms with Crippen molar-refractivity contribution in [2.75, 3.05) is 11.9 Å². The maximum absolute atomic E-state index is 12.0. The number of rotatable bonds is 5. The van der Waals surface area contributed by atoms with E-state index < -0.39 is 11.9 Å². The number of aromatic nitrogens is 2. The van der Waals surface area contributed by atoms with Crippen molar-refractivity contribution < 1.29 is 19.4 Å². The summed E-state index contributed by atoms with van der Waals surface area (Å²) in [6, 6.07) is 4.73. The standard InChI is InChI=1S/C13H12ClN3O4/c1-2-21-9-4-3-7(5-8(9)14)17-12(18)10-11(13(19)20)16-6-15-10/h3-6H,2H2,1H3,(H,15,16)(H,17,18)(H,19,20). The largest absolute Gasteiger partial charge is 0.492 e. The number of carboxylic acids is 1. The molecule has 2 aromatic rings. The Balaban J connectivity index is 2.18. The summed E-state index contributed by atoms with van der Waals surface area (Å²) < 4.78 is 5.28. The highest BCUT2D eigenvalue weighted by molar-refractivity contribution is 6.32. The molecule has 2 rings (SSSR count). The first-order valence-corrected chi connectivity index (χ1v) is 6.41. The molecule has 1 aromatic heterocycles. The van der Waals surface area contributed by atoms with Gasteiger partial charge in [0.25, 0.3) is 5.91 Å². The van der Waals surface area contributed by atoms with Crippen molar-refractivity contribution >= 4 is 29.2 Å². The predicted molar refractivity (Wildman–Crippen MR) is 76.1 cm³/mol. The molecule has 0 aliphatic carbocycles. The van der Waals surface area contributed by atoms with Crippen molar-refractivity contribution in [3.8, 4) is 5.75 Å². The zero-order chi connectivity index (χ0) is 15.4. The van der Waals surface area contributed by atoms with Gasteiger partial charge in [-0.25, -0.2) is 9.78 Å². The smallest absolute Gasteiger partial charge is 0.354 e. The van der Waals surface area contributed by atoms with Crippen LogP contribution < -0.4 is 10.1 Å². The van der Waals surface area contributed by atoms with Gasteiger partial charge < -0.3 is 20.1 Å². The molecule has 0 saturated heterocycles. The van der Waals surface area contributed by atoms with E-state index in [9.17, 15) is 9.59 Å². The fourth-order valence-corrected chi connectivity index (χ4v) is 1.91. The van der Waals surface area contributed by atoms with Gasteiger partial charge in [-0.15, -0.1) is 0 Å². The summed E-state index contributed by atoms with van der Waals surface area (Å²) in [6.45, 7) is 2.30. The topological polar surface area (TPSA) is 104 Å². The number of carboxylic acid groups (broad SMARTS) is 1. The third-order valence-electron chi connectivity index (χ3n) is 2.56. The molecule has 7 nitrogen and oxygen atoms in total. The number of H-pyrrole nitrogens is 1. The molecule has 1 heterocycles. The van der Waals surface area contributed by atoms with Crippen LogP contribution in [0, 0.1) is 0 Å². The summed E-state index contributed by atoms with van der Waals surface area (Å²) in [5, 5.41) is 11.8. The van der Waals surface area contributed by atoms with Gasteiger partial charge in [-0.05, 0) is 25.1 Å². The lowest BCUT2D eigenvalue weighted by molar-refractivity contribution is 0.0686. The maximum Gasteiger partial charge on any atom is 0.354 e. The number of ether oxygens (including phenoxy) is 1. The highest BCUT2D eigenvalue weighted by Crippen LogP contribution is 2.27. The second-order valence-corrected chi connectivity index (χ2v) is 4.37. The van der Waals surface area contributed by atoms with Crippen LogP contribution in [0.5, 0.6) is 5.75 Å². The quantitative estimate of drug-likeness (QED) is 0.786. The highest BCUT2D eigenvalue weighted by atomic mass is 35.5. The van der Waals surface area contributed by atoms with Gasteiger partial charge in [-0.2, -0.15) is 0 Å². The predicted octanol–water partition coefficient (Wildman–Crippen LogP) is 2.41. The van der Waals surface area contributed by atoms with Crippen LogP contribution in [-0.4, -0.2) is 33.6 Å². The highest BCUT2D eigenvalue weighted by Gasteiger charge is 2.19. The normalized spacial score (nSPS) is 10.2. The van der Waals surface area contributed by atoms with Crippen molar-refractivity contribution in [3.63, 3.8) is 0 Å². The molecule has 0 unspecified atom stereocenters. The average molecular weight is 310 g/mol. The minimum Gasteiger partial charge on any atom is -0.492 e. The first-order valence-electron chi connectivity index (χ1n) is 6.03. The maximum atomic E-state index is 12.0. The number of nitrogens with zero attached hydrogens (tertiary/aromatic N) is 1. The number of aromatic carboxylic acids is 1. The van der Waals surface area contributed by atoms with E-state index in [4.69, 9.17) is 21.4 Å².